The number of rotatable bonds is 6. The highest BCUT2D eigenvalue weighted by Gasteiger charge is 2.30. The van der Waals surface area contributed by atoms with Gasteiger partial charge in [-0.25, -0.2) is 4.79 Å². The summed E-state index contributed by atoms with van der Waals surface area (Å²) in [5.74, 6) is 0.0985. The second-order valence-corrected chi connectivity index (χ2v) is 8.68. The third-order valence-corrected chi connectivity index (χ3v) is 5.55. The minimum absolute atomic E-state index is 0.0243. The van der Waals surface area contributed by atoms with Crippen LogP contribution in [0.2, 0.25) is 0 Å². The molecule has 182 valence electrons. The standard InChI is InChI=1S/C25H26N4O6/c1-25(2,12-30)29-23(32)21-16(15-10-14(34-4)6-7-18(15)28-21)11-20-22(31)17-9-13(27-24(33)26-3)5-8-19(17)35-20/h5-11,28,30H,12H2,1-4H3,(H,29,32)(H2,26,27,33). The van der Waals surface area contributed by atoms with Crippen LogP contribution in [0.3, 0.4) is 0 Å². The molecule has 10 heteroatoms. The van der Waals surface area contributed by atoms with Crippen LogP contribution in [0.25, 0.3) is 17.0 Å². The molecular weight excluding hydrogens is 452 g/mol. The Hall–Kier alpha value is -4.31. The summed E-state index contributed by atoms with van der Waals surface area (Å²) in [5, 5.41) is 18.1. The van der Waals surface area contributed by atoms with Crippen molar-refractivity contribution in [2.45, 2.75) is 19.4 Å². The zero-order chi connectivity index (χ0) is 25.3. The molecule has 4 rings (SSSR count). The lowest BCUT2D eigenvalue weighted by molar-refractivity contribution is 0.0864. The fraction of sp³-hybridized carbons (Fsp3) is 0.240. The van der Waals surface area contributed by atoms with E-state index in [4.69, 9.17) is 9.47 Å². The van der Waals surface area contributed by atoms with Gasteiger partial charge in [0, 0.05) is 29.2 Å². The molecule has 0 radical (unpaired) electrons. The van der Waals surface area contributed by atoms with Gasteiger partial charge in [0.1, 0.15) is 17.2 Å². The van der Waals surface area contributed by atoms with Gasteiger partial charge in [0.2, 0.25) is 5.78 Å². The second-order valence-electron chi connectivity index (χ2n) is 8.68. The van der Waals surface area contributed by atoms with E-state index in [9.17, 15) is 19.5 Å². The van der Waals surface area contributed by atoms with Gasteiger partial charge < -0.3 is 35.5 Å². The lowest BCUT2D eigenvalue weighted by atomic mass is 10.0. The molecule has 0 unspecified atom stereocenters. The molecule has 0 saturated heterocycles. The highest BCUT2D eigenvalue weighted by Crippen LogP contribution is 2.36. The average molecular weight is 479 g/mol. The number of ether oxygens (including phenoxy) is 2. The molecule has 0 spiro atoms. The quantitative estimate of drug-likeness (QED) is 0.345. The minimum atomic E-state index is -0.861. The lowest BCUT2D eigenvalue weighted by Crippen LogP contribution is -2.46. The van der Waals surface area contributed by atoms with E-state index < -0.39 is 17.5 Å². The van der Waals surface area contributed by atoms with Gasteiger partial charge in [-0.05, 0) is 56.3 Å². The van der Waals surface area contributed by atoms with Crippen molar-refractivity contribution in [2.24, 2.45) is 0 Å². The van der Waals surface area contributed by atoms with Crippen molar-refractivity contribution in [3.8, 4) is 11.5 Å². The number of anilines is 1. The molecule has 0 aliphatic carbocycles. The summed E-state index contributed by atoms with van der Waals surface area (Å²) in [5.41, 5.74) is 1.16. The Kier molecular flexibility index (Phi) is 6.23. The van der Waals surface area contributed by atoms with Crippen LogP contribution in [0.15, 0.2) is 42.2 Å². The molecule has 1 aliphatic rings. The van der Waals surface area contributed by atoms with Crippen LogP contribution < -0.4 is 25.4 Å². The third kappa shape index (κ3) is 4.69. The molecule has 0 bridgehead atoms. The number of carbonyl (C=O) groups excluding carboxylic acids is 3. The van der Waals surface area contributed by atoms with Gasteiger partial charge in [-0.1, -0.05) is 0 Å². The number of amides is 3. The number of carbonyl (C=O) groups is 3. The van der Waals surface area contributed by atoms with Crippen LogP contribution in [0.4, 0.5) is 10.5 Å². The van der Waals surface area contributed by atoms with E-state index in [1.165, 1.54) is 26.3 Å². The maximum Gasteiger partial charge on any atom is 0.318 e. The summed E-state index contributed by atoms with van der Waals surface area (Å²) in [6.07, 6.45) is 1.51. The van der Waals surface area contributed by atoms with E-state index in [0.717, 1.165) is 0 Å². The topological polar surface area (TPSA) is 142 Å². The first-order valence-corrected chi connectivity index (χ1v) is 10.9. The average Bonchev–Trinajstić information content (AvgIpc) is 3.36. The first kappa shape index (κ1) is 23.8. The molecule has 2 aromatic carbocycles. The number of ketones is 1. The van der Waals surface area contributed by atoms with Crippen LogP contribution >= 0.6 is 0 Å². The molecule has 0 atom stereocenters. The molecule has 3 amide bonds. The largest absolute Gasteiger partial charge is 0.497 e. The molecule has 2 heterocycles. The molecule has 0 fully saturated rings. The molecule has 0 saturated carbocycles. The Morgan fingerprint density at radius 3 is 2.66 bits per heavy atom. The first-order valence-electron chi connectivity index (χ1n) is 10.9. The predicted molar refractivity (Wildman–Crippen MR) is 131 cm³/mol. The van der Waals surface area contributed by atoms with Gasteiger partial charge in [-0.3, -0.25) is 9.59 Å². The molecule has 35 heavy (non-hydrogen) atoms. The maximum atomic E-state index is 13.2. The normalized spacial score (nSPS) is 14.0. The SMILES string of the molecule is CNC(=O)Nc1ccc2c(c1)C(=O)C(=Cc1c(C(=O)NC(C)(C)CO)[nH]c3ccc(OC)cc13)O2. The summed E-state index contributed by atoms with van der Waals surface area (Å²) >= 11 is 0. The van der Waals surface area contributed by atoms with Crippen molar-refractivity contribution >= 4 is 40.4 Å². The Balaban J connectivity index is 1.78. The summed E-state index contributed by atoms with van der Waals surface area (Å²) in [4.78, 5) is 41.0. The summed E-state index contributed by atoms with van der Waals surface area (Å²) in [6.45, 7) is 3.13. The number of aliphatic hydroxyl groups is 1. The number of allylic oxidation sites excluding steroid dienone is 1. The van der Waals surface area contributed by atoms with E-state index >= 15 is 0 Å². The number of aromatic nitrogens is 1. The van der Waals surface area contributed by atoms with Crippen LogP contribution in [-0.4, -0.2) is 54.1 Å². The fourth-order valence-corrected chi connectivity index (χ4v) is 3.65. The number of benzene rings is 2. The number of hydrogen-bond donors (Lipinski definition) is 5. The number of nitrogens with one attached hydrogen (secondary N) is 4. The minimum Gasteiger partial charge on any atom is -0.497 e. The Morgan fingerprint density at radius 2 is 1.97 bits per heavy atom. The smallest absolute Gasteiger partial charge is 0.318 e. The summed E-state index contributed by atoms with van der Waals surface area (Å²) in [6, 6.07) is 9.61. The number of aliphatic hydroxyl groups excluding tert-OH is 1. The van der Waals surface area contributed by atoms with Crippen molar-refractivity contribution in [3.05, 3.63) is 59.0 Å². The van der Waals surface area contributed by atoms with Crippen molar-refractivity contribution in [1.29, 1.82) is 0 Å². The van der Waals surface area contributed by atoms with Gasteiger partial charge in [-0.2, -0.15) is 0 Å². The monoisotopic (exact) mass is 478 g/mol. The Bertz CT molecular complexity index is 1370. The van der Waals surface area contributed by atoms with Crippen molar-refractivity contribution in [3.63, 3.8) is 0 Å². The van der Waals surface area contributed by atoms with E-state index in [-0.39, 0.29) is 29.4 Å². The van der Waals surface area contributed by atoms with Crippen molar-refractivity contribution < 1.29 is 29.0 Å². The molecule has 5 N–H and O–H groups in total. The van der Waals surface area contributed by atoms with Crippen LogP contribution in [0.5, 0.6) is 11.5 Å². The maximum absolute atomic E-state index is 13.2. The zero-order valence-electron chi connectivity index (χ0n) is 19.7. The second kappa shape index (κ2) is 9.15. The number of H-pyrrole nitrogens is 1. The van der Waals surface area contributed by atoms with Gasteiger partial charge in [0.15, 0.2) is 5.76 Å². The Morgan fingerprint density at radius 1 is 1.20 bits per heavy atom. The third-order valence-electron chi connectivity index (χ3n) is 5.55. The summed E-state index contributed by atoms with van der Waals surface area (Å²) < 4.78 is 11.1. The molecule has 3 aromatic rings. The van der Waals surface area contributed by atoms with Crippen molar-refractivity contribution in [1.82, 2.24) is 15.6 Å². The predicted octanol–water partition coefficient (Wildman–Crippen LogP) is 3.04. The summed E-state index contributed by atoms with van der Waals surface area (Å²) in [7, 11) is 3.03. The number of methoxy groups -OCH3 is 1. The first-order chi connectivity index (χ1) is 16.7. The molecular formula is C25H26N4O6. The number of Topliss-reactive ketones (excluding diaryl/α,β-unsaturated/α-hetero) is 1. The Labute approximate surface area is 201 Å². The van der Waals surface area contributed by atoms with Crippen LogP contribution in [-0.2, 0) is 0 Å². The van der Waals surface area contributed by atoms with Gasteiger partial charge >= 0.3 is 6.03 Å². The number of urea groups is 1. The lowest BCUT2D eigenvalue weighted by Gasteiger charge is -2.23. The van der Waals surface area contributed by atoms with E-state index in [1.54, 1.807) is 44.2 Å². The van der Waals surface area contributed by atoms with Crippen LogP contribution in [0, 0.1) is 0 Å². The number of aromatic amines is 1. The highest BCUT2D eigenvalue weighted by atomic mass is 16.5. The van der Waals surface area contributed by atoms with Gasteiger partial charge in [0.25, 0.3) is 5.91 Å². The zero-order valence-corrected chi connectivity index (χ0v) is 19.7. The fourth-order valence-electron chi connectivity index (χ4n) is 3.65. The van der Waals surface area contributed by atoms with Gasteiger partial charge in [0.05, 0.1) is 24.8 Å². The molecule has 1 aliphatic heterocycles. The van der Waals surface area contributed by atoms with Crippen molar-refractivity contribution in [2.75, 3.05) is 26.1 Å². The number of hydrogen-bond acceptors (Lipinski definition) is 6. The van der Waals surface area contributed by atoms with E-state index in [1.807, 2.05) is 0 Å². The highest BCUT2D eigenvalue weighted by molar-refractivity contribution is 6.17. The molecule has 1 aromatic heterocycles. The van der Waals surface area contributed by atoms with E-state index in [0.29, 0.717) is 33.7 Å². The van der Waals surface area contributed by atoms with E-state index in [2.05, 4.69) is 20.9 Å². The number of fused-ring (bicyclic) bond motifs is 2. The van der Waals surface area contributed by atoms with Gasteiger partial charge in [-0.15, -0.1) is 0 Å². The van der Waals surface area contributed by atoms with Crippen LogP contribution in [0.1, 0.15) is 40.3 Å². The molecule has 10 nitrogen and oxygen atoms in total.